The Morgan fingerprint density at radius 3 is 2.61 bits per heavy atom. The number of aromatic nitrogens is 2. The number of para-hydroxylation sites is 1. The first-order chi connectivity index (χ1) is 18.4. The zero-order chi connectivity index (χ0) is 26.9. The summed E-state index contributed by atoms with van der Waals surface area (Å²) in [6.45, 7) is 2.35. The molecule has 0 saturated heterocycles. The molecule has 0 fully saturated rings. The highest BCUT2D eigenvalue weighted by Crippen LogP contribution is 2.31. The monoisotopic (exact) mass is 508 g/mol. The van der Waals surface area contributed by atoms with Crippen LogP contribution in [0.4, 0.5) is 5.69 Å². The molecule has 2 amide bonds. The molecule has 0 saturated carbocycles. The highest BCUT2D eigenvalue weighted by atomic mass is 16.5. The second kappa shape index (κ2) is 12.2. The minimum Gasteiger partial charge on any atom is -0.491 e. The first-order valence-electron chi connectivity index (χ1n) is 11.9. The number of fused-ring (bicyclic) bond motifs is 1. The minimum atomic E-state index is -0.571. The van der Waals surface area contributed by atoms with Crippen molar-refractivity contribution < 1.29 is 20.5 Å². The average Bonchev–Trinajstić information content (AvgIpc) is 3.06. The zero-order valence-electron chi connectivity index (χ0n) is 21.0. The van der Waals surface area contributed by atoms with Gasteiger partial charge in [0.05, 0.1) is 18.7 Å². The quantitative estimate of drug-likeness (QED) is 0.400. The molecule has 2 aromatic carbocycles. The Kier molecular flexibility index (Phi) is 8.32. The van der Waals surface area contributed by atoms with E-state index in [1.807, 2.05) is 73.7 Å². The molecule has 0 atom stereocenters. The molecule has 0 bridgehead atoms. The maximum atomic E-state index is 11.9. The second-order valence-corrected chi connectivity index (χ2v) is 8.30. The van der Waals surface area contributed by atoms with E-state index >= 15 is 0 Å². The van der Waals surface area contributed by atoms with E-state index in [0.717, 1.165) is 22.6 Å². The Bertz CT molecular complexity index is 1520. The van der Waals surface area contributed by atoms with E-state index in [0.29, 0.717) is 30.3 Å². The highest BCUT2D eigenvalue weighted by Gasteiger charge is 2.19. The smallest absolute Gasteiger partial charge is 0.267 e. The normalized spacial score (nSPS) is 11.9. The third-order valence-electron chi connectivity index (χ3n) is 5.45. The van der Waals surface area contributed by atoms with Crippen LogP contribution < -0.4 is 20.1 Å². The lowest BCUT2D eigenvalue weighted by molar-refractivity contribution is -0.118. The van der Waals surface area contributed by atoms with Gasteiger partial charge in [-0.15, -0.1) is 0 Å². The fourth-order valence-corrected chi connectivity index (χ4v) is 3.51. The second-order valence-electron chi connectivity index (χ2n) is 8.30. The molecule has 8 nitrogen and oxygen atoms in total. The number of carbonyl (C=O) groups excluding carboxylic acids is 2. The lowest BCUT2D eigenvalue weighted by Gasteiger charge is -2.16. The van der Waals surface area contributed by atoms with Gasteiger partial charge in [-0.3, -0.25) is 14.6 Å². The van der Waals surface area contributed by atoms with E-state index in [2.05, 4.69) is 21.8 Å². The molecule has 38 heavy (non-hydrogen) atoms. The summed E-state index contributed by atoms with van der Waals surface area (Å²) in [6.07, 6.45) is 1.87. The number of rotatable bonds is 3. The molecule has 0 unspecified atom stereocenters. The van der Waals surface area contributed by atoms with Crippen LogP contribution in [0.2, 0.25) is 0 Å². The van der Waals surface area contributed by atoms with Crippen molar-refractivity contribution in [3.05, 3.63) is 108 Å². The van der Waals surface area contributed by atoms with Crippen LogP contribution in [0.25, 0.3) is 0 Å². The molecule has 8 heteroatoms. The first kappa shape index (κ1) is 25.9. The van der Waals surface area contributed by atoms with Crippen molar-refractivity contribution in [2.24, 2.45) is 5.73 Å². The molecule has 1 aliphatic rings. The molecule has 0 spiro atoms. The summed E-state index contributed by atoms with van der Waals surface area (Å²) in [6, 6.07) is 23.8. The number of aryl methyl sites for hydroxylation is 1. The van der Waals surface area contributed by atoms with Gasteiger partial charge < -0.3 is 20.1 Å². The third kappa shape index (κ3) is 6.95. The predicted octanol–water partition coefficient (Wildman–Crippen LogP) is 4.75. The zero-order valence-corrected chi connectivity index (χ0v) is 21.0. The van der Waals surface area contributed by atoms with E-state index in [1.165, 1.54) is 12.3 Å². The molecule has 5 rings (SSSR count). The van der Waals surface area contributed by atoms with Gasteiger partial charge in [0.1, 0.15) is 28.6 Å². The minimum absolute atomic E-state index is 0. The van der Waals surface area contributed by atoms with Gasteiger partial charge in [-0.25, -0.2) is 4.98 Å². The summed E-state index contributed by atoms with van der Waals surface area (Å²) in [5.41, 5.74) is 8.56. The molecule has 0 aliphatic carbocycles. The molecule has 0 radical (unpaired) electrons. The van der Waals surface area contributed by atoms with Crippen molar-refractivity contribution in [1.82, 2.24) is 9.97 Å². The molecule has 192 valence electrons. The summed E-state index contributed by atoms with van der Waals surface area (Å²) >= 11 is 0. The molecular formula is C30H28N4O4. The topological polar surface area (TPSA) is 108 Å². The molecule has 1 aliphatic heterocycles. The summed E-state index contributed by atoms with van der Waals surface area (Å²) < 4.78 is 11.1. The number of pyridine rings is 2. The number of nitrogens with two attached hydrogens (primary N) is 1. The summed E-state index contributed by atoms with van der Waals surface area (Å²) in [5.74, 6) is 7.56. The van der Waals surface area contributed by atoms with E-state index < -0.39 is 5.91 Å². The highest BCUT2D eigenvalue weighted by molar-refractivity contribution is 5.95. The van der Waals surface area contributed by atoms with Gasteiger partial charge in [0.2, 0.25) is 5.91 Å². The number of carbonyl (C=O) groups is 2. The fraction of sp³-hybridized carbons (Fsp3) is 0.133. The van der Waals surface area contributed by atoms with Crippen LogP contribution in [-0.4, -0.2) is 35.4 Å². The van der Waals surface area contributed by atoms with Crippen molar-refractivity contribution in [2.75, 3.05) is 18.6 Å². The lowest BCUT2D eigenvalue weighted by atomic mass is 10.1. The fourth-order valence-electron chi connectivity index (χ4n) is 3.51. The number of nitrogens with zero attached hydrogens (tertiary/aromatic N) is 3. The number of ether oxygens (including phenoxy) is 2. The summed E-state index contributed by atoms with van der Waals surface area (Å²) in [4.78, 5) is 32.6. The van der Waals surface area contributed by atoms with Gasteiger partial charge in [-0.2, -0.15) is 0 Å². The van der Waals surface area contributed by atoms with Crippen LogP contribution in [0.5, 0.6) is 17.2 Å². The van der Waals surface area contributed by atoms with Crippen LogP contribution in [0, 0.1) is 18.8 Å². The number of anilines is 1. The van der Waals surface area contributed by atoms with E-state index in [-0.39, 0.29) is 13.0 Å². The summed E-state index contributed by atoms with van der Waals surface area (Å²) in [5, 5.41) is 0. The number of benzene rings is 2. The number of hydrogen-bond acceptors (Lipinski definition) is 6. The lowest BCUT2D eigenvalue weighted by Crippen LogP contribution is -2.25. The molecular weight excluding hydrogens is 480 g/mol. The SMILES string of the molecule is Cc1cccc(C#Cc2ccc3c(c2)N(C)C(=O)CCO3)n1.NC(=O)c1cc(Oc2ccccc2)ccn1.[HH]. The largest absolute Gasteiger partial charge is 0.491 e. The summed E-state index contributed by atoms with van der Waals surface area (Å²) in [7, 11) is 1.76. The van der Waals surface area contributed by atoms with Gasteiger partial charge in [0, 0.05) is 32.0 Å². The maximum absolute atomic E-state index is 11.9. The van der Waals surface area contributed by atoms with Crippen molar-refractivity contribution in [3.63, 3.8) is 0 Å². The van der Waals surface area contributed by atoms with Gasteiger partial charge in [-0.1, -0.05) is 30.2 Å². The number of hydrogen-bond donors (Lipinski definition) is 1. The predicted molar refractivity (Wildman–Crippen MR) is 146 cm³/mol. The Morgan fingerprint density at radius 1 is 1.03 bits per heavy atom. The third-order valence-corrected chi connectivity index (χ3v) is 5.45. The molecule has 4 aromatic rings. The first-order valence-corrected chi connectivity index (χ1v) is 11.9. The Morgan fingerprint density at radius 2 is 1.84 bits per heavy atom. The number of amides is 2. The van der Waals surface area contributed by atoms with Gasteiger partial charge in [0.25, 0.3) is 5.91 Å². The van der Waals surface area contributed by atoms with Crippen molar-refractivity contribution in [1.29, 1.82) is 0 Å². The Balaban J connectivity index is 0.000000220. The van der Waals surface area contributed by atoms with Crippen LogP contribution in [-0.2, 0) is 4.79 Å². The van der Waals surface area contributed by atoms with E-state index in [9.17, 15) is 9.59 Å². The average molecular weight is 509 g/mol. The van der Waals surface area contributed by atoms with Gasteiger partial charge in [0.15, 0.2) is 0 Å². The van der Waals surface area contributed by atoms with Crippen LogP contribution in [0.15, 0.2) is 85.1 Å². The van der Waals surface area contributed by atoms with Gasteiger partial charge in [-0.05, 0) is 61.4 Å². The number of primary amides is 1. The van der Waals surface area contributed by atoms with E-state index in [4.69, 9.17) is 15.2 Å². The van der Waals surface area contributed by atoms with Crippen molar-refractivity contribution >= 4 is 17.5 Å². The Hall–Kier alpha value is -5.16. The Labute approximate surface area is 222 Å². The van der Waals surface area contributed by atoms with Crippen molar-refractivity contribution in [3.8, 4) is 29.1 Å². The van der Waals surface area contributed by atoms with Crippen LogP contribution in [0.3, 0.4) is 0 Å². The molecule has 3 heterocycles. The van der Waals surface area contributed by atoms with Crippen LogP contribution >= 0.6 is 0 Å². The maximum Gasteiger partial charge on any atom is 0.267 e. The van der Waals surface area contributed by atoms with Crippen molar-refractivity contribution in [2.45, 2.75) is 13.3 Å². The van der Waals surface area contributed by atoms with Crippen LogP contribution in [0.1, 0.15) is 35.3 Å². The van der Waals surface area contributed by atoms with E-state index in [1.54, 1.807) is 18.0 Å². The standard InChI is InChI=1S/C18H16N2O2.C12H10N2O2.H2/c1-13-4-3-5-15(19-13)8-6-14-7-9-17-16(12-14)20(2)18(21)10-11-22-17;13-12(15)11-8-10(6-7-14-11)16-9-4-2-1-3-5-9;/h3-5,7,9,12H,10-11H2,1-2H3;1-8H,(H2,13,15);1H. The molecule has 2 N–H and O–H groups in total. The van der Waals surface area contributed by atoms with Gasteiger partial charge >= 0.3 is 0 Å². The molecule has 2 aromatic heterocycles.